The lowest BCUT2D eigenvalue weighted by atomic mass is 9.72. The zero-order valence-electron chi connectivity index (χ0n) is 11.9. The Hall–Kier alpha value is -0.840. The van der Waals surface area contributed by atoms with Crippen LogP contribution in [-0.4, -0.2) is 14.7 Å². The molecule has 0 aliphatic heterocycles. The van der Waals surface area contributed by atoms with Gasteiger partial charge in [-0.3, -0.25) is 0 Å². The first kappa shape index (κ1) is 17.2. The molecule has 0 fully saturated rings. The molecule has 5 heteroatoms. The van der Waals surface area contributed by atoms with E-state index in [-0.39, 0.29) is 17.8 Å². The fourth-order valence-electron chi connectivity index (χ4n) is 2.13. The van der Waals surface area contributed by atoms with E-state index in [0.717, 1.165) is 10.0 Å². The fourth-order valence-corrected chi connectivity index (χ4v) is 2.40. The van der Waals surface area contributed by atoms with E-state index in [2.05, 4.69) is 20.9 Å². The summed E-state index contributed by atoms with van der Waals surface area (Å²) >= 11 is 3.43. The highest BCUT2D eigenvalue weighted by atomic mass is 79.9. The zero-order chi connectivity index (χ0) is 14.1. The number of aromatic nitrogens is 2. The minimum atomic E-state index is -0.950. The van der Waals surface area contributed by atoms with E-state index in [9.17, 15) is 5.11 Å². The second-order valence-corrected chi connectivity index (χ2v) is 6.77. The average Bonchev–Trinajstić information content (AvgIpc) is 2.81. The van der Waals surface area contributed by atoms with Gasteiger partial charge in [0.2, 0.25) is 0 Å². The fraction of sp³-hybridized carbons (Fsp3) is 0.400. The topological polar surface area (TPSA) is 38.0 Å². The molecule has 0 radical (unpaired) electrons. The molecule has 20 heavy (non-hydrogen) atoms. The van der Waals surface area contributed by atoms with Crippen LogP contribution in [0.5, 0.6) is 0 Å². The summed E-state index contributed by atoms with van der Waals surface area (Å²) in [7, 11) is 0. The molecular formula is C15H20BrClN2O. The van der Waals surface area contributed by atoms with Crippen LogP contribution in [0.1, 0.15) is 26.3 Å². The molecule has 1 heterocycles. The van der Waals surface area contributed by atoms with Crippen molar-refractivity contribution >= 4 is 28.3 Å². The van der Waals surface area contributed by atoms with Gasteiger partial charge in [0, 0.05) is 16.9 Å². The highest BCUT2D eigenvalue weighted by Crippen LogP contribution is 2.40. The summed E-state index contributed by atoms with van der Waals surface area (Å²) in [5.74, 6) is 0. The van der Waals surface area contributed by atoms with Gasteiger partial charge in [0.25, 0.3) is 0 Å². The summed E-state index contributed by atoms with van der Waals surface area (Å²) in [4.78, 5) is 4.04. The van der Waals surface area contributed by atoms with Gasteiger partial charge < -0.3 is 9.67 Å². The van der Waals surface area contributed by atoms with Gasteiger partial charge in [-0.15, -0.1) is 12.4 Å². The lowest BCUT2D eigenvalue weighted by Gasteiger charge is -2.41. The second-order valence-electron chi connectivity index (χ2n) is 5.85. The average molecular weight is 360 g/mol. The summed E-state index contributed by atoms with van der Waals surface area (Å²) in [5, 5.41) is 11.2. The third kappa shape index (κ3) is 3.43. The smallest absolute Gasteiger partial charge is 0.112 e. The maximum atomic E-state index is 11.2. The standard InChI is InChI=1S/C15H19BrN2O.ClH/c1-14(2,3)15(19,10-18-9-8-17-11-18)12-4-6-13(16)7-5-12;/h4-9,11,19H,10H2,1-3H3;1H. The number of halogens is 2. The molecule has 1 aromatic heterocycles. The molecule has 0 aliphatic rings. The van der Waals surface area contributed by atoms with E-state index < -0.39 is 5.60 Å². The number of imidazole rings is 1. The molecule has 1 unspecified atom stereocenters. The largest absolute Gasteiger partial charge is 0.383 e. The first-order valence-corrected chi connectivity index (χ1v) is 7.06. The molecule has 3 nitrogen and oxygen atoms in total. The van der Waals surface area contributed by atoms with Gasteiger partial charge in [-0.05, 0) is 23.1 Å². The highest BCUT2D eigenvalue weighted by Gasteiger charge is 2.41. The second kappa shape index (κ2) is 6.29. The SMILES string of the molecule is CC(C)(C)C(O)(Cn1ccnc1)c1ccc(Br)cc1.Cl. The van der Waals surface area contributed by atoms with Gasteiger partial charge in [-0.2, -0.15) is 0 Å². The number of aliphatic hydroxyl groups is 1. The van der Waals surface area contributed by atoms with Crippen LogP contribution >= 0.6 is 28.3 Å². The van der Waals surface area contributed by atoms with Crippen molar-refractivity contribution in [1.29, 1.82) is 0 Å². The Labute approximate surface area is 134 Å². The molecule has 1 N–H and O–H groups in total. The summed E-state index contributed by atoms with van der Waals surface area (Å²) in [6.07, 6.45) is 5.33. The van der Waals surface area contributed by atoms with Gasteiger partial charge >= 0.3 is 0 Å². The number of rotatable bonds is 3. The van der Waals surface area contributed by atoms with Crippen LogP contribution in [0, 0.1) is 5.41 Å². The summed E-state index contributed by atoms with van der Waals surface area (Å²) < 4.78 is 2.92. The Bertz CT molecular complexity index is 534. The van der Waals surface area contributed by atoms with Crippen LogP contribution in [0.4, 0.5) is 0 Å². The lowest BCUT2D eigenvalue weighted by molar-refractivity contribution is -0.0781. The molecule has 0 bridgehead atoms. The lowest BCUT2D eigenvalue weighted by Crippen LogP contribution is -2.43. The third-order valence-electron chi connectivity index (χ3n) is 3.53. The van der Waals surface area contributed by atoms with Crippen LogP contribution in [-0.2, 0) is 12.1 Å². The van der Waals surface area contributed by atoms with Gasteiger partial charge in [0.1, 0.15) is 5.60 Å². The minimum Gasteiger partial charge on any atom is -0.383 e. The van der Waals surface area contributed by atoms with Crippen molar-refractivity contribution in [2.75, 3.05) is 0 Å². The third-order valence-corrected chi connectivity index (χ3v) is 4.06. The summed E-state index contributed by atoms with van der Waals surface area (Å²) in [6.45, 7) is 6.63. The summed E-state index contributed by atoms with van der Waals surface area (Å²) in [5.41, 5.74) is -0.323. The Kier molecular flexibility index (Phi) is 5.41. The maximum absolute atomic E-state index is 11.2. The van der Waals surface area contributed by atoms with E-state index >= 15 is 0 Å². The van der Waals surface area contributed by atoms with Crippen molar-refractivity contribution < 1.29 is 5.11 Å². The molecule has 1 atom stereocenters. The van der Waals surface area contributed by atoms with Gasteiger partial charge in [0.05, 0.1) is 12.9 Å². The number of hydrogen-bond donors (Lipinski definition) is 1. The first-order chi connectivity index (χ1) is 8.83. The van der Waals surface area contributed by atoms with Crippen molar-refractivity contribution in [2.45, 2.75) is 32.9 Å². The van der Waals surface area contributed by atoms with Gasteiger partial charge in [0.15, 0.2) is 0 Å². The van der Waals surface area contributed by atoms with E-state index in [1.807, 2.05) is 55.8 Å². The first-order valence-electron chi connectivity index (χ1n) is 6.27. The van der Waals surface area contributed by atoms with Crippen molar-refractivity contribution in [2.24, 2.45) is 5.41 Å². The maximum Gasteiger partial charge on any atom is 0.112 e. The number of benzene rings is 1. The Morgan fingerprint density at radius 2 is 1.80 bits per heavy atom. The highest BCUT2D eigenvalue weighted by molar-refractivity contribution is 9.10. The summed E-state index contributed by atoms with van der Waals surface area (Å²) in [6, 6.07) is 7.85. The molecule has 0 aliphatic carbocycles. The van der Waals surface area contributed by atoms with Crippen LogP contribution in [0.3, 0.4) is 0 Å². The molecule has 0 saturated heterocycles. The van der Waals surface area contributed by atoms with E-state index in [0.29, 0.717) is 6.54 Å². The van der Waals surface area contributed by atoms with E-state index in [1.165, 1.54) is 0 Å². The number of nitrogens with zero attached hydrogens (tertiary/aromatic N) is 2. The van der Waals surface area contributed by atoms with Crippen LogP contribution in [0.15, 0.2) is 47.5 Å². The predicted molar refractivity (Wildman–Crippen MR) is 87.0 cm³/mol. The normalized spacial score (nSPS) is 14.4. The van der Waals surface area contributed by atoms with E-state index in [4.69, 9.17) is 0 Å². The number of hydrogen-bond acceptors (Lipinski definition) is 2. The van der Waals surface area contributed by atoms with Crippen LogP contribution < -0.4 is 0 Å². The van der Waals surface area contributed by atoms with Gasteiger partial charge in [-0.25, -0.2) is 4.98 Å². The molecule has 2 aromatic rings. The Morgan fingerprint density at radius 1 is 1.20 bits per heavy atom. The molecule has 0 saturated carbocycles. The monoisotopic (exact) mass is 358 g/mol. The zero-order valence-corrected chi connectivity index (χ0v) is 14.3. The molecule has 0 spiro atoms. The van der Waals surface area contributed by atoms with Crippen LogP contribution in [0.2, 0.25) is 0 Å². The van der Waals surface area contributed by atoms with Crippen molar-refractivity contribution in [3.05, 3.63) is 53.0 Å². The van der Waals surface area contributed by atoms with Crippen molar-refractivity contribution in [3.8, 4) is 0 Å². The van der Waals surface area contributed by atoms with Crippen molar-refractivity contribution in [1.82, 2.24) is 9.55 Å². The molecular weight excluding hydrogens is 340 g/mol. The molecule has 2 rings (SSSR count). The minimum absolute atomic E-state index is 0. The molecule has 0 amide bonds. The van der Waals surface area contributed by atoms with E-state index in [1.54, 1.807) is 12.5 Å². The van der Waals surface area contributed by atoms with Crippen LogP contribution in [0.25, 0.3) is 0 Å². The molecule has 1 aromatic carbocycles. The van der Waals surface area contributed by atoms with Gasteiger partial charge in [-0.1, -0.05) is 48.8 Å². The molecule has 110 valence electrons. The Balaban J connectivity index is 0.00000200. The predicted octanol–water partition coefficient (Wildman–Crippen LogP) is 4.00. The van der Waals surface area contributed by atoms with Crippen molar-refractivity contribution in [3.63, 3.8) is 0 Å². The quantitative estimate of drug-likeness (QED) is 0.899. The Morgan fingerprint density at radius 3 is 2.25 bits per heavy atom.